The van der Waals surface area contributed by atoms with E-state index >= 15 is 0 Å². The van der Waals surface area contributed by atoms with Crippen LogP contribution in [0.3, 0.4) is 0 Å². The molecule has 18 heavy (non-hydrogen) atoms. The summed E-state index contributed by atoms with van der Waals surface area (Å²) in [5, 5.41) is 2.57. The molecule has 98 valence electrons. The lowest BCUT2D eigenvalue weighted by Gasteiger charge is -2.24. The minimum atomic E-state index is -1.06. The quantitative estimate of drug-likeness (QED) is 0.429. The van der Waals surface area contributed by atoms with Crippen LogP contribution in [0.1, 0.15) is 6.92 Å². The number of carbonyl (C=O) groups is 3. The minimum absolute atomic E-state index is 0.0178. The van der Waals surface area contributed by atoms with E-state index < -0.39 is 23.6 Å². The number of carbonyl (C=O) groups excluding carboxylic acids is 3. The number of esters is 1. The van der Waals surface area contributed by atoms with E-state index in [0.29, 0.717) is 0 Å². The molecular formula is C11H14N2O4S. The maximum atomic E-state index is 11.8. The molecule has 7 heteroatoms. The number of ether oxygens (including phenoxy) is 1. The van der Waals surface area contributed by atoms with Crippen LogP contribution in [-0.2, 0) is 19.1 Å². The van der Waals surface area contributed by atoms with Crippen LogP contribution >= 0.6 is 12.2 Å². The summed E-state index contributed by atoms with van der Waals surface area (Å²) in [6.07, 6.45) is 1.06. The average Bonchev–Trinajstić information content (AvgIpc) is 2.27. The van der Waals surface area contributed by atoms with Gasteiger partial charge in [0.2, 0.25) is 5.91 Å². The first-order valence-corrected chi connectivity index (χ1v) is 5.74. The largest absolute Gasteiger partial charge is 0.461 e. The van der Waals surface area contributed by atoms with Crippen molar-refractivity contribution in [2.45, 2.75) is 6.92 Å². The Balaban J connectivity index is 2.94. The summed E-state index contributed by atoms with van der Waals surface area (Å²) >= 11 is 4.95. The fraction of sp³-hybridized carbons (Fsp3) is 0.455. The van der Waals surface area contributed by atoms with E-state index in [1.165, 1.54) is 19.0 Å². The Morgan fingerprint density at radius 3 is 2.56 bits per heavy atom. The molecule has 1 rings (SSSR count). The van der Waals surface area contributed by atoms with Gasteiger partial charge in [-0.25, -0.2) is 4.79 Å². The number of nitrogens with one attached hydrogen (secondary N) is 1. The molecule has 0 aromatic heterocycles. The lowest BCUT2D eigenvalue weighted by atomic mass is 9.98. The Bertz CT molecular complexity index is 442. The zero-order valence-corrected chi connectivity index (χ0v) is 11.2. The first-order valence-electron chi connectivity index (χ1n) is 5.33. The van der Waals surface area contributed by atoms with Crippen molar-refractivity contribution in [3.05, 3.63) is 11.8 Å². The van der Waals surface area contributed by atoms with E-state index in [1.807, 2.05) is 0 Å². The van der Waals surface area contributed by atoms with Gasteiger partial charge >= 0.3 is 5.97 Å². The van der Waals surface area contributed by atoms with Crippen LogP contribution in [-0.4, -0.2) is 48.3 Å². The van der Waals surface area contributed by atoms with E-state index in [9.17, 15) is 14.4 Å². The van der Waals surface area contributed by atoms with Gasteiger partial charge in [0.15, 0.2) is 11.7 Å². The van der Waals surface area contributed by atoms with Crippen molar-refractivity contribution in [1.29, 1.82) is 0 Å². The molecule has 0 aromatic rings. The molecule has 0 spiro atoms. The molecule has 1 amide bonds. The summed E-state index contributed by atoms with van der Waals surface area (Å²) < 4.78 is 4.74. The molecule has 1 atom stereocenters. The van der Waals surface area contributed by atoms with Crippen LogP contribution in [0.2, 0.25) is 0 Å². The van der Waals surface area contributed by atoms with Gasteiger partial charge in [-0.3, -0.25) is 9.59 Å². The highest BCUT2D eigenvalue weighted by atomic mass is 32.1. The molecule has 6 nitrogen and oxygen atoms in total. The Kier molecular flexibility index (Phi) is 4.55. The molecule has 0 saturated carbocycles. The molecule has 0 saturated heterocycles. The number of thiocarbonyl (C=S) groups is 1. The Morgan fingerprint density at radius 2 is 2.11 bits per heavy atom. The SMILES string of the molecule is CCOC(=O)C1=CC(=O)[C@@H](C(=O)N(C)C)C(=S)N1. The molecule has 0 radical (unpaired) electrons. The third-order valence-corrected chi connectivity index (χ3v) is 2.61. The number of rotatable bonds is 3. The van der Waals surface area contributed by atoms with Crippen LogP contribution < -0.4 is 5.32 Å². The minimum Gasteiger partial charge on any atom is -0.461 e. The van der Waals surface area contributed by atoms with Crippen LogP contribution in [0.25, 0.3) is 0 Å². The van der Waals surface area contributed by atoms with Crippen molar-refractivity contribution >= 4 is 34.9 Å². The average molecular weight is 270 g/mol. The summed E-state index contributed by atoms with van der Waals surface area (Å²) in [5.41, 5.74) is -0.0327. The van der Waals surface area contributed by atoms with Gasteiger partial charge in [-0.2, -0.15) is 0 Å². The zero-order chi connectivity index (χ0) is 13.9. The highest BCUT2D eigenvalue weighted by Gasteiger charge is 2.36. The number of hydrogen-bond acceptors (Lipinski definition) is 5. The highest BCUT2D eigenvalue weighted by Crippen LogP contribution is 2.14. The first-order chi connectivity index (χ1) is 8.38. The van der Waals surface area contributed by atoms with Crippen LogP contribution in [0, 0.1) is 5.92 Å². The van der Waals surface area contributed by atoms with E-state index in [0.717, 1.165) is 6.08 Å². The molecule has 0 fully saturated rings. The summed E-state index contributed by atoms with van der Waals surface area (Å²) in [6, 6.07) is 0. The van der Waals surface area contributed by atoms with E-state index in [1.54, 1.807) is 6.92 Å². The van der Waals surface area contributed by atoms with Gasteiger partial charge in [0.25, 0.3) is 0 Å². The Labute approximate surface area is 110 Å². The van der Waals surface area contributed by atoms with Gasteiger partial charge in [-0.1, -0.05) is 12.2 Å². The maximum Gasteiger partial charge on any atom is 0.354 e. The zero-order valence-electron chi connectivity index (χ0n) is 10.4. The van der Waals surface area contributed by atoms with Gasteiger partial charge in [0, 0.05) is 20.2 Å². The molecule has 0 aromatic carbocycles. The van der Waals surface area contributed by atoms with Gasteiger partial charge in [0.05, 0.1) is 6.61 Å². The number of nitrogens with zero attached hydrogens (tertiary/aromatic N) is 1. The highest BCUT2D eigenvalue weighted by molar-refractivity contribution is 7.80. The molecule has 1 aliphatic rings. The molecular weight excluding hydrogens is 256 g/mol. The fourth-order valence-electron chi connectivity index (χ4n) is 1.41. The fourth-order valence-corrected chi connectivity index (χ4v) is 1.73. The lowest BCUT2D eigenvalue weighted by Crippen LogP contribution is -2.47. The topological polar surface area (TPSA) is 75.7 Å². The van der Waals surface area contributed by atoms with E-state index in [4.69, 9.17) is 17.0 Å². The maximum absolute atomic E-state index is 11.8. The molecule has 1 N–H and O–H groups in total. The number of allylic oxidation sites excluding steroid dienone is 1. The molecule has 0 unspecified atom stereocenters. The third kappa shape index (κ3) is 2.92. The normalized spacial score (nSPS) is 18.8. The van der Waals surface area contributed by atoms with E-state index in [-0.39, 0.29) is 17.3 Å². The van der Waals surface area contributed by atoms with Gasteiger partial charge in [-0.05, 0) is 6.92 Å². The lowest BCUT2D eigenvalue weighted by molar-refractivity contribution is -0.140. The van der Waals surface area contributed by atoms with Crippen molar-refractivity contribution in [2.24, 2.45) is 5.92 Å². The molecule has 0 aliphatic carbocycles. The van der Waals surface area contributed by atoms with Crippen LogP contribution in [0.4, 0.5) is 0 Å². The van der Waals surface area contributed by atoms with Crippen molar-refractivity contribution in [2.75, 3.05) is 20.7 Å². The molecule has 1 aliphatic heterocycles. The predicted molar refractivity (Wildman–Crippen MR) is 67.6 cm³/mol. The second-order valence-electron chi connectivity index (χ2n) is 3.84. The van der Waals surface area contributed by atoms with E-state index in [2.05, 4.69) is 5.32 Å². The first kappa shape index (κ1) is 14.3. The van der Waals surface area contributed by atoms with Crippen LogP contribution in [0.5, 0.6) is 0 Å². The van der Waals surface area contributed by atoms with Crippen molar-refractivity contribution < 1.29 is 19.1 Å². The van der Waals surface area contributed by atoms with Gasteiger partial charge in [-0.15, -0.1) is 0 Å². The number of hydrogen-bond donors (Lipinski definition) is 1. The predicted octanol–water partition coefficient (Wildman–Crippen LogP) is -0.362. The second kappa shape index (κ2) is 5.72. The van der Waals surface area contributed by atoms with Crippen molar-refractivity contribution in [3.63, 3.8) is 0 Å². The Morgan fingerprint density at radius 1 is 1.50 bits per heavy atom. The summed E-state index contributed by atoms with van der Waals surface area (Å²) in [4.78, 5) is 36.3. The summed E-state index contributed by atoms with van der Waals surface area (Å²) in [7, 11) is 3.06. The van der Waals surface area contributed by atoms with Crippen molar-refractivity contribution in [3.8, 4) is 0 Å². The third-order valence-electron chi connectivity index (χ3n) is 2.27. The Hall–Kier alpha value is -1.76. The summed E-state index contributed by atoms with van der Waals surface area (Å²) in [6.45, 7) is 1.85. The smallest absolute Gasteiger partial charge is 0.354 e. The number of ketones is 1. The van der Waals surface area contributed by atoms with Gasteiger partial charge < -0.3 is 15.0 Å². The molecule has 0 bridgehead atoms. The summed E-state index contributed by atoms with van der Waals surface area (Å²) in [5.74, 6) is -2.66. The monoisotopic (exact) mass is 270 g/mol. The standard InChI is InChI=1S/C11H14N2O4S/c1-4-17-11(16)6-5-7(14)8(9(18)12-6)10(15)13(2)3/h5,8H,4H2,1-3H3,(H,12,18)/t8-/m1/s1. The number of amides is 1. The van der Waals surface area contributed by atoms with Gasteiger partial charge in [0.1, 0.15) is 10.7 Å². The van der Waals surface area contributed by atoms with Crippen molar-refractivity contribution in [1.82, 2.24) is 10.2 Å². The second-order valence-corrected chi connectivity index (χ2v) is 4.28. The molecule has 1 heterocycles. The van der Waals surface area contributed by atoms with Crippen LogP contribution in [0.15, 0.2) is 11.8 Å².